The zero-order valence-corrected chi connectivity index (χ0v) is 14.3. The molecule has 1 aliphatic rings. The molecule has 1 aromatic rings. The highest BCUT2D eigenvalue weighted by molar-refractivity contribution is 5.79. The Morgan fingerprint density at radius 2 is 2.09 bits per heavy atom. The van der Waals surface area contributed by atoms with Gasteiger partial charge in [0, 0.05) is 26.2 Å². The SMILES string of the molecule is CCNC(=NCc1ccc(F)cc1)NCCN1CCCC(C)C1. The fourth-order valence-corrected chi connectivity index (χ4v) is 2.92. The number of rotatable bonds is 6. The van der Waals surface area contributed by atoms with E-state index in [1.807, 2.05) is 0 Å². The minimum atomic E-state index is -0.210. The number of hydrogen-bond donors (Lipinski definition) is 2. The van der Waals surface area contributed by atoms with Crippen molar-refractivity contribution in [2.45, 2.75) is 33.2 Å². The van der Waals surface area contributed by atoms with Crippen LogP contribution in [-0.4, -0.2) is 43.6 Å². The quantitative estimate of drug-likeness (QED) is 0.625. The van der Waals surface area contributed by atoms with Crippen LogP contribution in [0.4, 0.5) is 4.39 Å². The van der Waals surface area contributed by atoms with Crippen LogP contribution >= 0.6 is 0 Å². The maximum Gasteiger partial charge on any atom is 0.191 e. The zero-order valence-electron chi connectivity index (χ0n) is 14.3. The second kappa shape index (κ2) is 9.50. The molecule has 1 aliphatic heterocycles. The first-order valence-corrected chi connectivity index (χ1v) is 8.66. The van der Waals surface area contributed by atoms with Crippen molar-refractivity contribution < 1.29 is 4.39 Å². The van der Waals surface area contributed by atoms with Crippen molar-refractivity contribution >= 4 is 5.96 Å². The highest BCUT2D eigenvalue weighted by atomic mass is 19.1. The van der Waals surface area contributed by atoms with Gasteiger partial charge in [-0.05, 0) is 49.9 Å². The Bertz CT molecular complexity index is 486. The van der Waals surface area contributed by atoms with E-state index >= 15 is 0 Å². The number of benzene rings is 1. The largest absolute Gasteiger partial charge is 0.357 e. The van der Waals surface area contributed by atoms with Crippen LogP contribution in [0.3, 0.4) is 0 Å². The minimum absolute atomic E-state index is 0.210. The molecule has 0 aliphatic carbocycles. The van der Waals surface area contributed by atoms with E-state index in [9.17, 15) is 4.39 Å². The van der Waals surface area contributed by atoms with E-state index in [0.717, 1.165) is 37.1 Å². The molecule has 1 fully saturated rings. The van der Waals surface area contributed by atoms with Gasteiger partial charge >= 0.3 is 0 Å². The van der Waals surface area contributed by atoms with E-state index in [4.69, 9.17) is 0 Å². The van der Waals surface area contributed by atoms with E-state index in [1.54, 1.807) is 12.1 Å². The summed E-state index contributed by atoms with van der Waals surface area (Å²) >= 11 is 0. The summed E-state index contributed by atoms with van der Waals surface area (Å²) in [6, 6.07) is 6.50. The average Bonchev–Trinajstić information content (AvgIpc) is 2.54. The van der Waals surface area contributed by atoms with Crippen LogP contribution in [0.2, 0.25) is 0 Å². The van der Waals surface area contributed by atoms with Crippen molar-refractivity contribution in [2.24, 2.45) is 10.9 Å². The molecule has 1 unspecified atom stereocenters. The molecule has 2 rings (SSSR count). The molecule has 0 saturated carbocycles. The molecule has 1 aromatic carbocycles. The van der Waals surface area contributed by atoms with Gasteiger partial charge in [0.1, 0.15) is 5.82 Å². The Kier molecular flexibility index (Phi) is 7.33. The monoisotopic (exact) mass is 320 g/mol. The molecule has 0 amide bonds. The van der Waals surface area contributed by atoms with Gasteiger partial charge in [0.25, 0.3) is 0 Å². The van der Waals surface area contributed by atoms with Crippen LogP contribution < -0.4 is 10.6 Å². The van der Waals surface area contributed by atoms with Crippen molar-refractivity contribution in [1.82, 2.24) is 15.5 Å². The van der Waals surface area contributed by atoms with Gasteiger partial charge in [0.05, 0.1) is 6.54 Å². The number of nitrogens with zero attached hydrogens (tertiary/aromatic N) is 2. The van der Waals surface area contributed by atoms with Crippen LogP contribution in [0.1, 0.15) is 32.3 Å². The van der Waals surface area contributed by atoms with Crippen molar-refractivity contribution in [1.29, 1.82) is 0 Å². The molecule has 128 valence electrons. The number of piperidine rings is 1. The molecule has 1 heterocycles. The van der Waals surface area contributed by atoms with Crippen molar-refractivity contribution in [3.05, 3.63) is 35.6 Å². The average molecular weight is 320 g/mol. The van der Waals surface area contributed by atoms with Gasteiger partial charge in [-0.3, -0.25) is 0 Å². The molecule has 0 spiro atoms. The summed E-state index contributed by atoms with van der Waals surface area (Å²) in [5.74, 6) is 1.42. The molecule has 0 aromatic heterocycles. The fraction of sp³-hybridized carbons (Fsp3) is 0.611. The van der Waals surface area contributed by atoms with E-state index < -0.39 is 0 Å². The Labute approximate surface area is 139 Å². The van der Waals surface area contributed by atoms with Gasteiger partial charge in [-0.15, -0.1) is 0 Å². The maximum absolute atomic E-state index is 12.9. The molecule has 2 N–H and O–H groups in total. The van der Waals surface area contributed by atoms with E-state index in [1.165, 1.54) is 38.1 Å². The lowest BCUT2D eigenvalue weighted by atomic mass is 10.0. The molecular weight excluding hydrogens is 291 g/mol. The third-order valence-electron chi connectivity index (χ3n) is 4.14. The first-order valence-electron chi connectivity index (χ1n) is 8.66. The molecule has 0 radical (unpaired) electrons. The number of hydrogen-bond acceptors (Lipinski definition) is 2. The molecule has 1 atom stereocenters. The third-order valence-corrected chi connectivity index (χ3v) is 4.14. The second-order valence-electron chi connectivity index (χ2n) is 6.30. The first-order chi connectivity index (χ1) is 11.2. The predicted octanol–water partition coefficient (Wildman–Crippen LogP) is 2.61. The van der Waals surface area contributed by atoms with Crippen molar-refractivity contribution in [3.8, 4) is 0 Å². The van der Waals surface area contributed by atoms with Crippen LogP contribution in [0.25, 0.3) is 0 Å². The van der Waals surface area contributed by atoms with Crippen molar-refractivity contribution in [2.75, 3.05) is 32.7 Å². The van der Waals surface area contributed by atoms with Crippen LogP contribution in [0, 0.1) is 11.7 Å². The number of guanidine groups is 1. The summed E-state index contributed by atoms with van der Waals surface area (Å²) in [6.07, 6.45) is 2.66. The number of nitrogens with one attached hydrogen (secondary N) is 2. The highest BCUT2D eigenvalue weighted by Gasteiger charge is 2.15. The summed E-state index contributed by atoms with van der Waals surface area (Å²) in [6.45, 7) is 10.1. The summed E-state index contributed by atoms with van der Waals surface area (Å²) in [5.41, 5.74) is 1.01. The minimum Gasteiger partial charge on any atom is -0.357 e. The van der Waals surface area contributed by atoms with Gasteiger partial charge < -0.3 is 15.5 Å². The number of likely N-dealkylation sites (tertiary alicyclic amines) is 1. The van der Waals surface area contributed by atoms with Gasteiger partial charge in [-0.1, -0.05) is 19.1 Å². The second-order valence-corrected chi connectivity index (χ2v) is 6.30. The Hall–Kier alpha value is -1.62. The molecular formula is C18H29FN4. The van der Waals surface area contributed by atoms with E-state index in [0.29, 0.717) is 6.54 Å². The molecule has 5 heteroatoms. The Morgan fingerprint density at radius 3 is 2.78 bits per heavy atom. The lowest BCUT2D eigenvalue weighted by molar-refractivity contribution is 0.187. The highest BCUT2D eigenvalue weighted by Crippen LogP contribution is 2.14. The topological polar surface area (TPSA) is 39.7 Å². The fourth-order valence-electron chi connectivity index (χ4n) is 2.92. The maximum atomic E-state index is 12.9. The lowest BCUT2D eigenvalue weighted by Crippen LogP contribution is -2.43. The smallest absolute Gasteiger partial charge is 0.191 e. The summed E-state index contributed by atoms with van der Waals surface area (Å²) in [4.78, 5) is 7.08. The first kappa shape index (κ1) is 17.7. The van der Waals surface area contributed by atoms with E-state index in [2.05, 4.69) is 34.4 Å². The predicted molar refractivity (Wildman–Crippen MR) is 94.1 cm³/mol. The van der Waals surface area contributed by atoms with Crippen LogP contribution in [0.15, 0.2) is 29.3 Å². The van der Waals surface area contributed by atoms with Gasteiger partial charge in [0.15, 0.2) is 5.96 Å². The van der Waals surface area contributed by atoms with Gasteiger partial charge in [-0.2, -0.15) is 0 Å². The summed E-state index contributed by atoms with van der Waals surface area (Å²) in [7, 11) is 0. The molecule has 4 nitrogen and oxygen atoms in total. The van der Waals surface area contributed by atoms with Gasteiger partial charge in [-0.25, -0.2) is 9.38 Å². The Morgan fingerprint density at radius 1 is 1.30 bits per heavy atom. The van der Waals surface area contributed by atoms with Crippen LogP contribution in [-0.2, 0) is 6.54 Å². The van der Waals surface area contributed by atoms with Gasteiger partial charge in [0.2, 0.25) is 0 Å². The van der Waals surface area contributed by atoms with E-state index in [-0.39, 0.29) is 5.82 Å². The number of halogens is 1. The van der Waals surface area contributed by atoms with Crippen molar-refractivity contribution in [3.63, 3.8) is 0 Å². The summed E-state index contributed by atoms with van der Waals surface area (Å²) < 4.78 is 12.9. The van der Waals surface area contributed by atoms with Crippen LogP contribution in [0.5, 0.6) is 0 Å². The molecule has 23 heavy (non-hydrogen) atoms. The normalized spacial score (nSPS) is 19.6. The standard InChI is InChI=1S/C18H29FN4/c1-3-20-18(22-13-16-6-8-17(19)9-7-16)21-10-12-23-11-4-5-15(2)14-23/h6-9,15H,3-5,10-14H2,1-2H3,(H2,20,21,22). The summed E-state index contributed by atoms with van der Waals surface area (Å²) in [5, 5.41) is 6.64. The zero-order chi connectivity index (χ0) is 16.5. The molecule has 1 saturated heterocycles. The third kappa shape index (κ3) is 6.57. The lowest BCUT2D eigenvalue weighted by Gasteiger charge is -2.30. The molecule has 0 bridgehead atoms. The number of aliphatic imine (C=N–C) groups is 1. The Balaban J connectivity index is 1.78.